The van der Waals surface area contributed by atoms with Gasteiger partial charge in [-0.2, -0.15) is 28.8 Å². The van der Waals surface area contributed by atoms with Crippen LogP contribution in [0.4, 0.5) is 69.1 Å². The van der Waals surface area contributed by atoms with E-state index in [0.29, 0.717) is 24.2 Å². The average Bonchev–Trinajstić information content (AvgIpc) is 3.30. The molecule has 5 aromatic heterocycles. The Hall–Kier alpha value is -8.28. The van der Waals surface area contributed by atoms with E-state index >= 15 is 0 Å². The lowest BCUT2D eigenvalue weighted by atomic mass is 10.1. The van der Waals surface area contributed by atoms with Crippen LogP contribution in [0.5, 0.6) is 0 Å². The summed E-state index contributed by atoms with van der Waals surface area (Å²) in [5.74, 6) is 0. The van der Waals surface area contributed by atoms with Crippen LogP contribution in [-0.2, 0) is 13.1 Å². The van der Waals surface area contributed by atoms with Crippen LogP contribution in [0, 0.1) is 22.7 Å². The minimum Gasteiger partial charge on any atom is -0.418 e. The monoisotopic (exact) mass is 1020 g/mol. The number of aromatic nitrogens is 6. The lowest BCUT2D eigenvalue weighted by Gasteiger charge is -2.07. The second-order valence-electron chi connectivity index (χ2n) is 14.3. The number of nitriles is 2. The van der Waals surface area contributed by atoms with E-state index in [1.165, 1.54) is 0 Å². The van der Waals surface area contributed by atoms with Gasteiger partial charge in [0.05, 0.1) is 11.0 Å². The fourth-order valence-corrected chi connectivity index (χ4v) is 6.33. The minimum atomic E-state index is -6.00. The topological polar surface area (TPSA) is 88.9 Å². The third-order valence-electron chi connectivity index (χ3n) is 9.10. The molecule has 0 aliphatic heterocycles. The number of benzene rings is 3. The van der Waals surface area contributed by atoms with Gasteiger partial charge in [0, 0.05) is 60.7 Å². The summed E-state index contributed by atoms with van der Waals surface area (Å²) in [5.41, 5.74) is 10.9. The van der Waals surface area contributed by atoms with Crippen molar-refractivity contribution in [1.82, 2.24) is 9.97 Å². The van der Waals surface area contributed by atoms with Crippen LogP contribution in [0.2, 0.25) is 0 Å². The zero-order chi connectivity index (χ0) is 53.3. The first-order valence-electron chi connectivity index (χ1n) is 20.4. The highest BCUT2D eigenvalue weighted by Crippen LogP contribution is 2.20. The molecule has 28 heteroatoms. The van der Waals surface area contributed by atoms with Crippen molar-refractivity contribution in [3.63, 3.8) is 0 Å². The van der Waals surface area contributed by atoms with Gasteiger partial charge in [-0.15, -0.1) is 0 Å². The zero-order valence-electron chi connectivity index (χ0n) is 36.5. The molecule has 0 spiro atoms. The van der Waals surface area contributed by atoms with Crippen molar-refractivity contribution in [3.8, 4) is 45.8 Å². The molecule has 0 aliphatic carbocycles. The first kappa shape index (κ1) is 56.3. The SMILES string of the molecule is F[B-](F)(F)F.F[B-](F)(F)F.F[B-](F)(F)F.F[B-](F)(F)F.N#Cc1ccccc1-[n+]1ccc(-c2cc[n+](Cc3nc4ccccc4nc3C[n+]3ccc(-c4cc[n+](-c5ccccc5C#N)cc4)cc3)cc2)cc1. The first-order chi connectivity index (χ1) is 33.6. The van der Waals surface area contributed by atoms with Crippen molar-refractivity contribution in [1.29, 1.82) is 10.5 Å². The Morgan fingerprint density at radius 3 is 0.847 bits per heavy atom. The number of fused-ring (bicyclic) bond motifs is 1. The molecular formula is C44H32B4F16N8. The smallest absolute Gasteiger partial charge is 0.418 e. The Morgan fingerprint density at radius 2 is 0.583 bits per heavy atom. The normalized spacial score (nSPS) is 11.1. The summed E-state index contributed by atoms with van der Waals surface area (Å²) in [5, 5.41) is 19.0. The van der Waals surface area contributed by atoms with Gasteiger partial charge in [0.25, 0.3) is 0 Å². The number of rotatable bonds is 8. The van der Waals surface area contributed by atoms with Gasteiger partial charge in [0.15, 0.2) is 62.7 Å². The molecule has 372 valence electrons. The van der Waals surface area contributed by atoms with Crippen molar-refractivity contribution >= 4 is 40.1 Å². The molecule has 72 heavy (non-hydrogen) atoms. The third kappa shape index (κ3) is 20.8. The van der Waals surface area contributed by atoms with Crippen LogP contribution in [0.1, 0.15) is 22.5 Å². The third-order valence-corrected chi connectivity index (χ3v) is 9.10. The summed E-state index contributed by atoms with van der Waals surface area (Å²) in [7, 11) is -24.0. The Kier molecular flexibility index (Phi) is 19.6. The second-order valence-corrected chi connectivity index (χ2v) is 14.3. The molecule has 0 saturated carbocycles. The van der Waals surface area contributed by atoms with Gasteiger partial charge in [-0.25, -0.2) is 9.97 Å². The molecule has 0 fully saturated rings. The molecule has 5 heterocycles. The van der Waals surface area contributed by atoms with Gasteiger partial charge in [0.2, 0.25) is 11.4 Å². The zero-order valence-corrected chi connectivity index (χ0v) is 36.5. The number of para-hydroxylation sites is 4. The summed E-state index contributed by atoms with van der Waals surface area (Å²) in [6.45, 7) is 1.15. The predicted octanol–water partition coefficient (Wildman–Crippen LogP) is 11.1. The molecule has 0 atom stereocenters. The molecule has 0 N–H and O–H groups in total. The first-order valence-corrected chi connectivity index (χ1v) is 20.4. The van der Waals surface area contributed by atoms with Crippen molar-refractivity contribution in [3.05, 3.63) is 193 Å². The van der Waals surface area contributed by atoms with Crippen LogP contribution >= 0.6 is 0 Å². The summed E-state index contributed by atoms with van der Waals surface area (Å²) in [4.78, 5) is 10.1. The van der Waals surface area contributed by atoms with Crippen LogP contribution in [-0.4, -0.2) is 39.0 Å². The van der Waals surface area contributed by atoms with Gasteiger partial charge < -0.3 is 69.1 Å². The molecule has 0 bridgehead atoms. The number of halogens is 16. The second kappa shape index (κ2) is 25.0. The van der Waals surface area contributed by atoms with E-state index in [0.717, 1.165) is 56.0 Å². The molecule has 0 aliphatic rings. The predicted molar refractivity (Wildman–Crippen MR) is 235 cm³/mol. The van der Waals surface area contributed by atoms with Gasteiger partial charge in [0.1, 0.15) is 34.7 Å². The maximum absolute atomic E-state index is 9.75. The van der Waals surface area contributed by atoms with E-state index < -0.39 is 29.0 Å². The highest BCUT2D eigenvalue weighted by atomic mass is 19.5. The van der Waals surface area contributed by atoms with E-state index in [9.17, 15) is 79.6 Å². The molecule has 0 radical (unpaired) electrons. The van der Waals surface area contributed by atoms with Crippen molar-refractivity contribution < 1.29 is 87.3 Å². The van der Waals surface area contributed by atoms with Crippen LogP contribution in [0.25, 0.3) is 44.7 Å². The van der Waals surface area contributed by atoms with Gasteiger partial charge in [-0.1, -0.05) is 36.4 Å². The Bertz CT molecular complexity index is 2840. The van der Waals surface area contributed by atoms with Crippen LogP contribution in [0.3, 0.4) is 0 Å². The van der Waals surface area contributed by atoms with Crippen molar-refractivity contribution in [2.24, 2.45) is 0 Å². The van der Waals surface area contributed by atoms with Crippen molar-refractivity contribution in [2.75, 3.05) is 0 Å². The lowest BCUT2D eigenvalue weighted by molar-refractivity contribution is -0.694. The highest BCUT2D eigenvalue weighted by Gasteiger charge is 2.23. The van der Waals surface area contributed by atoms with Gasteiger partial charge in [-0.3, -0.25) is 0 Å². The highest BCUT2D eigenvalue weighted by molar-refractivity contribution is 6.51. The maximum Gasteiger partial charge on any atom is 0.673 e. The molecular weight excluding hydrogens is 988 g/mol. The Labute approximate surface area is 399 Å². The molecule has 0 saturated heterocycles. The summed E-state index contributed by atoms with van der Waals surface area (Å²) in [6, 6.07) is 44.4. The average molecular weight is 1020 g/mol. The summed E-state index contributed by atoms with van der Waals surface area (Å²) >= 11 is 0. The minimum absolute atomic E-state index is 0.574. The quantitative estimate of drug-likeness (QED) is 0.0862. The number of hydrogen-bond donors (Lipinski definition) is 0. The van der Waals surface area contributed by atoms with Gasteiger partial charge >= 0.3 is 29.0 Å². The molecule has 8 nitrogen and oxygen atoms in total. The Balaban J connectivity index is 0.000000478. The molecule has 0 unspecified atom stereocenters. The van der Waals surface area contributed by atoms with E-state index in [2.05, 4.69) is 94.6 Å². The number of nitrogens with zero attached hydrogens (tertiary/aromatic N) is 8. The number of pyridine rings is 4. The standard InChI is InChI=1S/C44H32N8.4BF4/c45-29-37-7-1-5-11-43(37)51-25-17-35(18-26-51)33-13-21-49(22-14-33)31-41-42(48-40-10-4-3-9-39(40)47-41)32-50-23-15-34(16-24-50)36-19-27-52(28-20-36)44-12-6-2-8-38(44)30-46;4*2-1(3,4)5/h1-28H,31-32H2;;;;/q+4;4*-1. The van der Waals surface area contributed by atoms with Crippen LogP contribution < -0.4 is 18.3 Å². The maximum atomic E-state index is 9.75. The van der Waals surface area contributed by atoms with E-state index in [-0.39, 0.29) is 0 Å². The molecule has 8 aromatic rings. The Morgan fingerprint density at radius 1 is 0.347 bits per heavy atom. The van der Waals surface area contributed by atoms with Gasteiger partial charge in [-0.05, 0) is 46.5 Å². The summed E-state index contributed by atoms with van der Waals surface area (Å²) < 4.78 is 164. The van der Waals surface area contributed by atoms with Crippen LogP contribution in [0.15, 0.2) is 171 Å². The largest absolute Gasteiger partial charge is 0.673 e. The van der Waals surface area contributed by atoms with E-state index in [1.807, 2.05) is 107 Å². The van der Waals surface area contributed by atoms with E-state index in [4.69, 9.17) is 9.97 Å². The van der Waals surface area contributed by atoms with Crippen molar-refractivity contribution in [2.45, 2.75) is 13.1 Å². The fourth-order valence-electron chi connectivity index (χ4n) is 6.33. The number of hydrogen-bond acceptors (Lipinski definition) is 4. The summed E-state index contributed by atoms with van der Waals surface area (Å²) in [6.07, 6.45) is 16.2. The lowest BCUT2D eigenvalue weighted by Crippen LogP contribution is -2.38. The molecule has 3 aromatic carbocycles. The molecule has 8 rings (SSSR count). The molecule has 0 amide bonds. The fraction of sp³-hybridized carbons (Fsp3) is 0.0455. The van der Waals surface area contributed by atoms with E-state index in [1.54, 1.807) is 0 Å².